The lowest BCUT2D eigenvalue weighted by Gasteiger charge is -2.09. The molecule has 0 bridgehead atoms. The van der Waals surface area contributed by atoms with Crippen molar-refractivity contribution >= 4 is 25.4 Å². The molecule has 8 heteroatoms. The summed E-state index contributed by atoms with van der Waals surface area (Å²) >= 11 is 0. The summed E-state index contributed by atoms with van der Waals surface area (Å²) in [6.07, 6.45) is 0. The molecule has 2 aromatic rings. The van der Waals surface area contributed by atoms with Crippen molar-refractivity contribution in [1.29, 1.82) is 0 Å². The zero-order chi connectivity index (χ0) is 16.3. The van der Waals surface area contributed by atoms with Crippen LogP contribution in [0.2, 0.25) is 0 Å². The van der Waals surface area contributed by atoms with E-state index in [4.69, 9.17) is 15.4 Å². The van der Waals surface area contributed by atoms with Crippen LogP contribution in [0.1, 0.15) is 11.1 Å². The van der Waals surface area contributed by atoms with E-state index in [1.54, 1.807) is 0 Å². The molecule has 0 N–H and O–H groups in total. The summed E-state index contributed by atoms with van der Waals surface area (Å²) in [5.41, 5.74) is 0.674. The van der Waals surface area contributed by atoms with Gasteiger partial charge in [0, 0.05) is 16.7 Å². The van der Waals surface area contributed by atoms with E-state index in [1.165, 1.54) is 13.0 Å². The van der Waals surface area contributed by atoms with Gasteiger partial charge in [0.05, 0.1) is 9.82 Å². The van der Waals surface area contributed by atoms with Crippen molar-refractivity contribution in [1.82, 2.24) is 0 Å². The van der Waals surface area contributed by atoms with Crippen molar-refractivity contribution in [2.75, 3.05) is 0 Å². The van der Waals surface area contributed by atoms with Gasteiger partial charge < -0.3 is 4.74 Å². The standard InChI is InChI=1S/C14H12ClNO5S/c1-10-7-13(21-9-11-5-3-2-4-6-11)12(16(17)18)8-14(10)22(15,19)20/h2-8H,9H2,1H3. The Hall–Kier alpha value is -2.12. The molecule has 0 heterocycles. The lowest BCUT2D eigenvalue weighted by Crippen LogP contribution is -2.03. The van der Waals surface area contributed by atoms with E-state index >= 15 is 0 Å². The number of hydrogen-bond acceptors (Lipinski definition) is 5. The van der Waals surface area contributed by atoms with E-state index in [9.17, 15) is 18.5 Å². The topological polar surface area (TPSA) is 86.5 Å². The Balaban J connectivity index is 2.39. The lowest BCUT2D eigenvalue weighted by atomic mass is 10.2. The van der Waals surface area contributed by atoms with Crippen LogP contribution in [0.5, 0.6) is 5.75 Å². The summed E-state index contributed by atoms with van der Waals surface area (Å²) in [6, 6.07) is 11.3. The van der Waals surface area contributed by atoms with Crippen LogP contribution in [-0.4, -0.2) is 13.3 Å². The maximum Gasteiger partial charge on any atom is 0.312 e. The van der Waals surface area contributed by atoms with Crippen LogP contribution in [-0.2, 0) is 15.7 Å². The van der Waals surface area contributed by atoms with Crippen molar-refractivity contribution in [2.45, 2.75) is 18.4 Å². The molecule has 0 aromatic heterocycles. The second-order valence-electron chi connectivity index (χ2n) is 4.55. The molecule has 2 aromatic carbocycles. The minimum absolute atomic E-state index is 0.00424. The van der Waals surface area contributed by atoms with Crippen LogP contribution >= 0.6 is 10.7 Å². The Bertz CT molecular complexity index is 805. The van der Waals surface area contributed by atoms with Crippen LogP contribution in [0.3, 0.4) is 0 Å². The SMILES string of the molecule is Cc1cc(OCc2ccccc2)c([N+](=O)[O-])cc1S(=O)(=O)Cl. The third-order valence-corrected chi connectivity index (χ3v) is 4.42. The maximum atomic E-state index is 11.4. The quantitative estimate of drug-likeness (QED) is 0.472. The van der Waals surface area contributed by atoms with Crippen LogP contribution < -0.4 is 4.74 Å². The van der Waals surface area contributed by atoms with E-state index in [0.29, 0.717) is 0 Å². The molecule has 0 fully saturated rings. The average molecular weight is 342 g/mol. The Morgan fingerprint density at radius 2 is 1.86 bits per heavy atom. The molecule has 0 atom stereocenters. The lowest BCUT2D eigenvalue weighted by molar-refractivity contribution is -0.386. The van der Waals surface area contributed by atoms with E-state index in [-0.39, 0.29) is 22.8 Å². The molecule has 116 valence electrons. The van der Waals surface area contributed by atoms with Gasteiger partial charge in [-0.1, -0.05) is 30.3 Å². The number of benzene rings is 2. The van der Waals surface area contributed by atoms with Gasteiger partial charge in [-0.05, 0) is 24.1 Å². The molecule has 0 aliphatic carbocycles. The van der Waals surface area contributed by atoms with Gasteiger partial charge in [0.1, 0.15) is 6.61 Å². The fraction of sp³-hybridized carbons (Fsp3) is 0.143. The smallest absolute Gasteiger partial charge is 0.312 e. The second-order valence-corrected chi connectivity index (χ2v) is 7.09. The number of ether oxygens (including phenoxy) is 1. The monoisotopic (exact) mass is 341 g/mol. The first-order chi connectivity index (χ1) is 10.3. The minimum atomic E-state index is -4.06. The van der Waals surface area contributed by atoms with Crippen molar-refractivity contribution in [3.8, 4) is 5.75 Å². The van der Waals surface area contributed by atoms with Gasteiger partial charge >= 0.3 is 5.69 Å². The highest BCUT2D eigenvalue weighted by Crippen LogP contribution is 2.34. The number of aryl methyl sites for hydroxylation is 1. The van der Waals surface area contributed by atoms with Crippen molar-refractivity contribution in [2.24, 2.45) is 0 Å². The molecule has 0 aliphatic heterocycles. The normalized spacial score (nSPS) is 11.2. The molecule has 2 rings (SSSR count). The third-order valence-electron chi connectivity index (χ3n) is 2.95. The van der Waals surface area contributed by atoms with Crippen LogP contribution in [0.15, 0.2) is 47.4 Å². The predicted molar refractivity (Wildman–Crippen MR) is 81.6 cm³/mol. The van der Waals surface area contributed by atoms with E-state index in [0.717, 1.165) is 11.6 Å². The highest BCUT2D eigenvalue weighted by atomic mass is 35.7. The van der Waals surface area contributed by atoms with Gasteiger partial charge in [0.25, 0.3) is 9.05 Å². The van der Waals surface area contributed by atoms with Gasteiger partial charge in [0.15, 0.2) is 5.75 Å². The molecular formula is C14H12ClNO5S. The summed E-state index contributed by atoms with van der Waals surface area (Å²) < 4.78 is 28.3. The van der Waals surface area contributed by atoms with E-state index in [2.05, 4.69) is 0 Å². The highest BCUT2D eigenvalue weighted by molar-refractivity contribution is 8.13. The second kappa shape index (κ2) is 6.33. The first-order valence-corrected chi connectivity index (χ1v) is 8.50. The number of halogens is 1. The van der Waals surface area contributed by atoms with Crippen LogP contribution in [0.4, 0.5) is 5.69 Å². The largest absolute Gasteiger partial charge is 0.482 e. The zero-order valence-corrected chi connectivity index (χ0v) is 13.1. The van der Waals surface area contributed by atoms with E-state index in [1.807, 2.05) is 30.3 Å². The predicted octanol–water partition coefficient (Wildman–Crippen LogP) is 3.41. The van der Waals surface area contributed by atoms with Crippen molar-refractivity contribution in [3.63, 3.8) is 0 Å². The van der Waals surface area contributed by atoms with Gasteiger partial charge in [-0.15, -0.1) is 0 Å². The summed E-state index contributed by atoms with van der Waals surface area (Å²) in [6.45, 7) is 1.63. The fourth-order valence-corrected chi connectivity index (χ4v) is 3.10. The summed E-state index contributed by atoms with van der Waals surface area (Å²) in [4.78, 5) is 10.1. The first kappa shape index (κ1) is 16.3. The van der Waals surface area contributed by atoms with Crippen LogP contribution in [0.25, 0.3) is 0 Å². The van der Waals surface area contributed by atoms with Gasteiger partial charge in [-0.25, -0.2) is 8.42 Å². The molecule has 0 spiro atoms. The molecule has 0 radical (unpaired) electrons. The number of rotatable bonds is 5. The first-order valence-electron chi connectivity index (χ1n) is 6.19. The van der Waals surface area contributed by atoms with E-state index < -0.39 is 19.7 Å². The molecule has 22 heavy (non-hydrogen) atoms. The molecule has 0 amide bonds. The number of hydrogen-bond donors (Lipinski definition) is 0. The highest BCUT2D eigenvalue weighted by Gasteiger charge is 2.23. The van der Waals surface area contributed by atoms with Gasteiger partial charge in [-0.2, -0.15) is 0 Å². The minimum Gasteiger partial charge on any atom is -0.482 e. The number of nitrogens with zero attached hydrogens (tertiary/aromatic N) is 1. The number of nitro benzene ring substituents is 1. The molecule has 0 saturated carbocycles. The molecule has 0 aliphatic rings. The maximum absolute atomic E-state index is 11.4. The Kier molecular flexibility index (Phi) is 4.68. The Morgan fingerprint density at radius 3 is 2.41 bits per heavy atom. The summed E-state index contributed by atoms with van der Waals surface area (Å²) in [7, 11) is 1.21. The average Bonchev–Trinajstić information content (AvgIpc) is 2.44. The molecule has 6 nitrogen and oxygen atoms in total. The summed E-state index contributed by atoms with van der Waals surface area (Å²) in [5.74, 6) is -0.00424. The third kappa shape index (κ3) is 3.75. The Morgan fingerprint density at radius 1 is 1.23 bits per heavy atom. The van der Waals surface area contributed by atoms with Gasteiger partial charge in [0.2, 0.25) is 0 Å². The Labute approximate surface area is 131 Å². The van der Waals surface area contributed by atoms with Gasteiger partial charge in [-0.3, -0.25) is 10.1 Å². The fourth-order valence-electron chi connectivity index (χ4n) is 1.91. The molecule has 0 saturated heterocycles. The van der Waals surface area contributed by atoms with Crippen molar-refractivity contribution < 1.29 is 18.1 Å². The van der Waals surface area contributed by atoms with Crippen LogP contribution in [0, 0.1) is 17.0 Å². The van der Waals surface area contributed by atoms with Crippen molar-refractivity contribution in [3.05, 3.63) is 63.7 Å². The summed E-state index contributed by atoms with van der Waals surface area (Å²) in [5, 5.41) is 11.1. The number of nitro groups is 1. The zero-order valence-electron chi connectivity index (χ0n) is 11.5. The molecule has 0 unspecified atom stereocenters. The molecular weight excluding hydrogens is 330 g/mol.